The topological polar surface area (TPSA) is 94.5 Å². The summed E-state index contributed by atoms with van der Waals surface area (Å²) in [5.41, 5.74) is 0. The van der Waals surface area contributed by atoms with Gasteiger partial charge in [-0.2, -0.15) is 0 Å². The molecule has 0 aromatic rings. The van der Waals surface area contributed by atoms with Gasteiger partial charge in [0.05, 0.1) is 33.0 Å². The molecule has 0 radical (unpaired) electrons. The molecule has 1 unspecified atom stereocenters. The summed E-state index contributed by atoms with van der Waals surface area (Å²) in [7, 11) is -3.49. The van der Waals surface area contributed by atoms with Crippen molar-refractivity contribution in [2.75, 3.05) is 52.7 Å². The number of hydrogen-bond donors (Lipinski definition) is 1. The highest BCUT2D eigenvalue weighted by Gasteiger charge is 2.26. The summed E-state index contributed by atoms with van der Waals surface area (Å²) in [6.07, 6.45) is 36.5. The van der Waals surface area contributed by atoms with Crippen LogP contribution in [0.3, 0.4) is 0 Å². The van der Waals surface area contributed by atoms with Gasteiger partial charge in [0.1, 0.15) is 0 Å². The van der Waals surface area contributed by atoms with Gasteiger partial charge in [-0.25, -0.2) is 4.57 Å². The Morgan fingerprint density at radius 1 is 0.434 bits per heavy atom. The van der Waals surface area contributed by atoms with Crippen LogP contribution in [-0.4, -0.2) is 68.6 Å². The minimum absolute atomic E-state index is 0.0329. The molecule has 8 nitrogen and oxygen atoms in total. The van der Waals surface area contributed by atoms with Crippen LogP contribution in [0, 0.1) is 0 Å². The van der Waals surface area contributed by atoms with E-state index >= 15 is 0 Å². The normalized spacial score (nSPS) is 12.8. The van der Waals surface area contributed by atoms with Crippen LogP contribution in [-0.2, 0) is 27.7 Å². The first kappa shape index (κ1) is 52.5. The van der Waals surface area contributed by atoms with Crippen LogP contribution in [0.4, 0.5) is 0 Å². The molecule has 0 saturated carbocycles. The zero-order chi connectivity index (χ0) is 38.8. The van der Waals surface area contributed by atoms with Crippen molar-refractivity contribution in [3.05, 3.63) is 0 Å². The average molecular weight is 776 g/mol. The maximum Gasteiger partial charge on any atom is 0.474 e. The Kier molecular flexibility index (Phi) is 42.2. The molecular weight excluding hydrogens is 685 g/mol. The van der Waals surface area contributed by atoms with Crippen molar-refractivity contribution in [3.8, 4) is 0 Å². The molecule has 0 aliphatic carbocycles. The van der Waals surface area contributed by atoms with Crippen LogP contribution >= 0.6 is 7.82 Å². The highest BCUT2D eigenvalue weighted by molar-refractivity contribution is 7.48. The number of ether oxygens (including phenoxy) is 1. The van der Waals surface area contributed by atoms with Crippen LogP contribution in [0.5, 0.6) is 0 Å². The first-order chi connectivity index (χ1) is 26.0. The highest BCUT2D eigenvalue weighted by Crippen LogP contribution is 2.50. The Labute approximate surface area is 329 Å². The van der Waals surface area contributed by atoms with Crippen molar-refractivity contribution in [1.29, 1.82) is 0 Å². The second-order valence-corrected chi connectivity index (χ2v) is 17.1. The minimum Gasteiger partial charge on any atom is -0.466 e. The molecule has 0 amide bonds. The summed E-state index contributed by atoms with van der Waals surface area (Å²) < 4.78 is 36.0. The Morgan fingerprint density at radius 3 is 1.13 bits per heavy atom. The van der Waals surface area contributed by atoms with Crippen LogP contribution in [0.15, 0.2) is 0 Å². The Balaban J connectivity index is 3.94. The molecule has 0 aromatic heterocycles. The van der Waals surface area contributed by atoms with E-state index in [-0.39, 0.29) is 12.6 Å². The summed E-state index contributed by atoms with van der Waals surface area (Å²) in [6.45, 7) is 11.6. The van der Waals surface area contributed by atoms with Gasteiger partial charge in [0.2, 0.25) is 0 Å². The number of aliphatic hydroxyl groups is 1. The molecule has 0 aliphatic rings. The number of aliphatic hydroxyl groups excluding tert-OH is 1. The number of hydrogen-bond acceptors (Lipinski definition) is 8. The van der Waals surface area contributed by atoms with E-state index in [1.54, 1.807) is 0 Å². The molecule has 0 saturated heterocycles. The van der Waals surface area contributed by atoms with Crippen molar-refractivity contribution < 1.29 is 32.8 Å². The van der Waals surface area contributed by atoms with Gasteiger partial charge in [-0.3, -0.25) is 18.4 Å². The average Bonchev–Trinajstić information content (AvgIpc) is 3.15. The van der Waals surface area contributed by atoms with E-state index in [4.69, 9.17) is 18.3 Å². The quantitative estimate of drug-likeness (QED) is 0.0371. The van der Waals surface area contributed by atoms with E-state index in [2.05, 4.69) is 25.7 Å². The minimum atomic E-state index is -3.49. The Bertz CT molecular complexity index is 787. The molecule has 0 aliphatic heterocycles. The lowest BCUT2D eigenvalue weighted by Crippen LogP contribution is -2.29. The predicted molar refractivity (Wildman–Crippen MR) is 225 cm³/mol. The first-order valence-electron chi connectivity index (χ1n) is 23.0. The van der Waals surface area contributed by atoms with Crippen LogP contribution in [0.25, 0.3) is 0 Å². The molecule has 0 rings (SSSR count). The number of esters is 1. The number of phosphoric ester groups is 1. The molecule has 9 heteroatoms. The molecule has 0 bridgehead atoms. The van der Waals surface area contributed by atoms with Gasteiger partial charge in [-0.1, -0.05) is 175 Å². The SMILES string of the molecule is CCCCCCCCCOC(=O)CCCCCCCN(CCO)CCCCCCCCCOP(=O)(OCCCCCCC)OCCCCCCCCC. The Hall–Kier alpha value is -0.500. The third-order valence-corrected chi connectivity index (χ3v) is 11.6. The van der Waals surface area contributed by atoms with Gasteiger partial charge in [-0.05, 0) is 58.0 Å². The third kappa shape index (κ3) is 39.5. The molecule has 53 heavy (non-hydrogen) atoms. The number of unbranched alkanes of at least 4 members (excludes halogenated alkanes) is 26. The van der Waals surface area contributed by atoms with Crippen molar-refractivity contribution in [2.45, 2.75) is 226 Å². The van der Waals surface area contributed by atoms with Crippen LogP contribution in [0.1, 0.15) is 226 Å². The fraction of sp³-hybridized carbons (Fsp3) is 0.977. The third-order valence-electron chi connectivity index (χ3n) is 10.1. The zero-order valence-electron chi connectivity index (χ0n) is 35.6. The fourth-order valence-corrected chi connectivity index (χ4v) is 7.94. The number of carbonyl (C=O) groups is 1. The van der Waals surface area contributed by atoms with Crippen molar-refractivity contribution in [3.63, 3.8) is 0 Å². The van der Waals surface area contributed by atoms with Crippen molar-refractivity contribution in [1.82, 2.24) is 4.90 Å². The summed E-state index contributed by atoms with van der Waals surface area (Å²) in [4.78, 5) is 14.4. The largest absolute Gasteiger partial charge is 0.474 e. The Morgan fingerprint density at radius 2 is 0.755 bits per heavy atom. The number of carbonyl (C=O) groups excluding carboxylic acids is 1. The van der Waals surface area contributed by atoms with Gasteiger partial charge >= 0.3 is 13.8 Å². The molecule has 1 N–H and O–H groups in total. The predicted octanol–water partition coefficient (Wildman–Crippen LogP) is 13.5. The van der Waals surface area contributed by atoms with Gasteiger partial charge in [0.15, 0.2) is 0 Å². The van der Waals surface area contributed by atoms with Gasteiger partial charge in [-0.15, -0.1) is 0 Å². The van der Waals surface area contributed by atoms with Gasteiger partial charge in [0, 0.05) is 13.0 Å². The van der Waals surface area contributed by atoms with Crippen LogP contribution < -0.4 is 0 Å². The van der Waals surface area contributed by atoms with E-state index in [1.807, 2.05) is 0 Å². The maximum absolute atomic E-state index is 13.3. The van der Waals surface area contributed by atoms with Crippen molar-refractivity contribution in [2.24, 2.45) is 0 Å². The molecule has 0 fully saturated rings. The van der Waals surface area contributed by atoms with E-state index in [9.17, 15) is 14.5 Å². The number of rotatable bonds is 45. The molecule has 0 spiro atoms. The highest BCUT2D eigenvalue weighted by atomic mass is 31.2. The summed E-state index contributed by atoms with van der Waals surface area (Å²) in [5.74, 6) is -0.0329. The lowest BCUT2D eigenvalue weighted by atomic mass is 10.1. The molecule has 0 aromatic carbocycles. The summed E-state index contributed by atoms with van der Waals surface area (Å²) in [6, 6.07) is 0. The van der Waals surface area contributed by atoms with E-state index in [0.717, 1.165) is 96.7 Å². The second kappa shape index (κ2) is 42.6. The first-order valence-corrected chi connectivity index (χ1v) is 24.5. The summed E-state index contributed by atoms with van der Waals surface area (Å²) >= 11 is 0. The molecular formula is C44H90NO7P. The summed E-state index contributed by atoms with van der Waals surface area (Å²) in [5, 5.41) is 9.54. The lowest BCUT2D eigenvalue weighted by Gasteiger charge is -2.21. The number of nitrogens with zero attached hydrogens (tertiary/aromatic N) is 1. The second-order valence-electron chi connectivity index (χ2n) is 15.4. The standard InChI is InChI=1S/C44H90NO7P/c1-4-7-10-13-17-25-31-40-49-44(47)35-28-21-20-23-30-37-45(38-39-46)36-29-22-16-15-19-27-34-43-52-53(48,50-41-32-24-12-9-6-3)51-42-33-26-18-14-11-8-5-2/h46H,4-43H2,1-3H3. The van der Waals surface area contributed by atoms with E-state index < -0.39 is 7.82 Å². The molecule has 0 heterocycles. The monoisotopic (exact) mass is 776 g/mol. The van der Waals surface area contributed by atoms with Gasteiger partial charge < -0.3 is 14.7 Å². The maximum atomic E-state index is 13.3. The van der Waals surface area contributed by atoms with Crippen molar-refractivity contribution >= 4 is 13.8 Å². The molecule has 1 atom stereocenters. The van der Waals surface area contributed by atoms with Crippen LogP contribution in [0.2, 0.25) is 0 Å². The number of phosphoric acid groups is 1. The lowest BCUT2D eigenvalue weighted by molar-refractivity contribution is -0.143. The van der Waals surface area contributed by atoms with E-state index in [0.29, 0.717) is 32.8 Å². The van der Waals surface area contributed by atoms with E-state index in [1.165, 1.54) is 122 Å². The smallest absolute Gasteiger partial charge is 0.466 e. The fourth-order valence-electron chi connectivity index (χ4n) is 6.66. The van der Waals surface area contributed by atoms with Gasteiger partial charge in [0.25, 0.3) is 0 Å². The molecule has 318 valence electrons. The zero-order valence-corrected chi connectivity index (χ0v) is 36.5.